The Morgan fingerprint density at radius 2 is 2.24 bits per heavy atom. The third-order valence-corrected chi connectivity index (χ3v) is 4.54. The van der Waals surface area contributed by atoms with Crippen LogP contribution >= 0.6 is 0 Å². The highest BCUT2D eigenvalue weighted by molar-refractivity contribution is 5.89. The first-order valence-electron chi connectivity index (χ1n) is 6.47. The Bertz CT molecular complexity index is 340. The molecule has 1 aliphatic carbocycles. The summed E-state index contributed by atoms with van der Waals surface area (Å²) in [5.41, 5.74) is -0.323. The molecule has 0 bridgehead atoms. The Balaban J connectivity index is 2.21. The number of carbonyl (C=O) groups is 2. The molecule has 17 heavy (non-hydrogen) atoms. The molecule has 3 atom stereocenters. The number of hydrogen-bond donors (Lipinski definition) is 2. The molecule has 1 saturated heterocycles. The first-order valence-corrected chi connectivity index (χ1v) is 6.47. The summed E-state index contributed by atoms with van der Waals surface area (Å²) < 4.78 is 0. The zero-order chi connectivity index (χ0) is 12.6. The Kier molecular flexibility index (Phi) is 3.15. The highest BCUT2D eigenvalue weighted by Crippen LogP contribution is 2.49. The molecule has 2 N–H and O–H groups in total. The number of aliphatic carboxylic acids is 1. The Morgan fingerprint density at radius 1 is 1.53 bits per heavy atom. The van der Waals surface area contributed by atoms with Gasteiger partial charge >= 0.3 is 5.97 Å². The van der Waals surface area contributed by atoms with Gasteiger partial charge in [-0.2, -0.15) is 0 Å². The minimum Gasteiger partial charge on any atom is -0.480 e. The van der Waals surface area contributed by atoms with Crippen molar-refractivity contribution in [2.24, 2.45) is 17.3 Å². The number of carboxylic acids is 1. The van der Waals surface area contributed by atoms with Gasteiger partial charge in [0.15, 0.2) is 0 Å². The van der Waals surface area contributed by atoms with E-state index in [9.17, 15) is 14.7 Å². The van der Waals surface area contributed by atoms with Crippen LogP contribution in [0.15, 0.2) is 0 Å². The minimum atomic E-state index is -0.875. The molecule has 1 saturated carbocycles. The molecule has 1 spiro atoms. The number of rotatable bonds is 2. The van der Waals surface area contributed by atoms with E-state index in [-0.39, 0.29) is 11.3 Å². The predicted molar refractivity (Wildman–Crippen MR) is 63.4 cm³/mol. The summed E-state index contributed by atoms with van der Waals surface area (Å²) in [6, 6.07) is -0.670. The highest BCUT2D eigenvalue weighted by atomic mass is 16.4. The van der Waals surface area contributed by atoms with Crippen molar-refractivity contribution in [3.63, 3.8) is 0 Å². The van der Waals surface area contributed by atoms with Crippen LogP contribution in [-0.4, -0.2) is 23.0 Å². The molecule has 2 aliphatic rings. The fraction of sp³-hybridized carbons (Fsp3) is 0.846. The van der Waals surface area contributed by atoms with Crippen LogP contribution in [0, 0.1) is 17.3 Å². The number of hydrogen-bond acceptors (Lipinski definition) is 2. The molecule has 2 rings (SSSR count). The molecule has 96 valence electrons. The van der Waals surface area contributed by atoms with Crippen molar-refractivity contribution in [1.82, 2.24) is 5.32 Å². The summed E-state index contributed by atoms with van der Waals surface area (Å²) in [5.74, 6) is 0.151. The summed E-state index contributed by atoms with van der Waals surface area (Å²) in [7, 11) is 0. The van der Waals surface area contributed by atoms with E-state index in [1.165, 1.54) is 6.42 Å². The average molecular weight is 239 g/mol. The maximum absolute atomic E-state index is 11.5. The van der Waals surface area contributed by atoms with E-state index in [1.807, 2.05) is 0 Å². The van der Waals surface area contributed by atoms with Gasteiger partial charge in [-0.05, 0) is 24.7 Å². The van der Waals surface area contributed by atoms with Crippen LogP contribution in [0.1, 0.15) is 46.0 Å². The van der Waals surface area contributed by atoms with E-state index in [4.69, 9.17) is 0 Å². The standard InChI is InChI=1S/C13H21NO3/c1-8(2)9-4-3-5-13(6-9)7-10(15)14-11(13)12(16)17/h8-9,11H,3-7H2,1-2H3,(H,14,15)(H,16,17). The third kappa shape index (κ3) is 2.17. The quantitative estimate of drug-likeness (QED) is 0.772. The SMILES string of the molecule is CC(C)C1CCCC2(CC(=O)NC2C(=O)O)C1. The lowest BCUT2D eigenvalue weighted by atomic mass is 9.63. The van der Waals surface area contributed by atoms with Gasteiger partial charge in [-0.15, -0.1) is 0 Å². The minimum absolute atomic E-state index is 0.0955. The second-order valence-corrected chi connectivity index (χ2v) is 5.98. The highest BCUT2D eigenvalue weighted by Gasteiger charge is 2.52. The van der Waals surface area contributed by atoms with Gasteiger partial charge < -0.3 is 10.4 Å². The van der Waals surface area contributed by atoms with Crippen molar-refractivity contribution in [2.45, 2.75) is 52.0 Å². The predicted octanol–water partition coefficient (Wildman–Crippen LogP) is 1.79. The maximum Gasteiger partial charge on any atom is 0.326 e. The van der Waals surface area contributed by atoms with Crippen LogP contribution < -0.4 is 5.32 Å². The fourth-order valence-corrected chi connectivity index (χ4v) is 3.54. The normalized spacial score (nSPS) is 37.5. The lowest BCUT2D eigenvalue weighted by molar-refractivity contribution is -0.143. The number of nitrogens with one attached hydrogen (secondary N) is 1. The second kappa shape index (κ2) is 4.31. The van der Waals surface area contributed by atoms with E-state index in [2.05, 4.69) is 19.2 Å². The van der Waals surface area contributed by atoms with Crippen molar-refractivity contribution in [1.29, 1.82) is 0 Å². The van der Waals surface area contributed by atoms with Crippen LogP contribution in [0.5, 0.6) is 0 Å². The zero-order valence-corrected chi connectivity index (χ0v) is 10.5. The molecule has 2 fully saturated rings. The van der Waals surface area contributed by atoms with Crippen LogP contribution in [0.4, 0.5) is 0 Å². The van der Waals surface area contributed by atoms with Gasteiger partial charge in [0.1, 0.15) is 6.04 Å². The van der Waals surface area contributed by atoms with Crippen molar-refractivity contribution in [2.75, 3.05) is 0 Å². The van der Waals surface area contributed by atoms with Gasteiger partial charge in [0.25, 0.3) is 0 Å². The van der Waals surface area contributed by atoms with Gasteiger partial charge in [-0.25, -0.2) is 4.79 Å². The van der Waals surface area contributed by atoms with E-state index in [1.54, 1.807) is 0 Å². The summed E-state index contributed by atoms with van der Waals surface area (Å²) >= 11 is 0. The molecule has 3 unspecified atom stereocenters. The second-order valence-electron chi connectivity index (χ2n) is 5.98. The molecule has 1 heterocycles. The van der Waals surface area contributed by atoms with E-state index >= 15 is 0 Å². The molecular weight excluding hydrogens is 218 g/mol. The molecule has 4 heteroatoms. The lowest BCUT2D eigenvalue weighted by Gasteiger charge is -2.41. The van der Waals surface area contributed by atoms with E-state index in [0.29, 0.717) is 18.3 Å². The Morgan fingerprint density at radius 3 is 2.82 bits per heavy atom. The van der Waals surface area contributed by atoms with Crippen molar-refractivity contribution < 1.29 is 14.7 Å². The topological polar surface area (TPSA) is 66.4 Å². The van der Waals surface area contributed by atoms with Crippen molar-refractivity contribution in [3.8, 4) is 0 Å². The summed E-state index contributed by atoms with van der Waals surface area (Å²) in [6.07, 6.45) is 4.35. The van der Waals surface area contributed by atoms with Gasteiger partial charge in [-0.3, -0.25) is 4.79 Å². The molecule has 0 radical (unpaired) electrons. The summed E-state index contributed by atoms with van der Waals surface area (Å²) in [4.78, 5) is 22.8. The number of carbonyl (C=O) groups excluding carboxylic acids is 1. The van der Waals surface area contributed by atoms with E-state index in [0.717, 1.165) is 19.3 Å². The van der Waals surface area contributed by atoms with Crippen LogP contribution in [0.25, 0.3) is 0 Å². The van der Waals surface area contributed by atoms with Crippen LogP contribution in [0.3, 0.4) is 0 Å². The first-order chi connectivity index (χ1) is 7.94. The molecule has 0 aromatic carbocycles. The maximum atomic E-state index is 11.5. The lowest BCUT2D eigenvalue weighted by Crippen LogP contribution is -2.46. The molecule has 1 amide bonds. The van der Waals surface area contributed by atoms with Crippen LogP contribution in [-0.2, 0) is 9.59 Å². The van der Waals surface area contributed by atoms with Crippen molar-refractivity contribution >= 4 is 11.9 Å². The van der Waals surface area contributed by atoms with Gasteiger partial charge in [0.2, 0.25) is 5.91 Å². The first kappa shape index (κ1) is 12.4. The summed E-state index contributed by atoms with van der Waals surface area (Å²) in [5, 5.41) is 11.9. The molecule has 0 aromatic heterocycles. The molecule has 1 aliphatic heterocycles. The molecular formula is C13H21NO3. The Labute approximate surface area is 102 Å². The monoisotopic (exact) mass is 239 g/mol. The Hall–Kier alpha value is -1.06. The largest absolute Gasteiger partial charge is 0.480 e. The summed E-state index contributed by atoms with van der Waals surface area (Å²) in [6.45, 7) is 4.37. The molecule has 0 aromatic rings. The van der Waals surface area contributed by atoms with Crippen molar-refractivity contribution in [3.05, 3.63) is 0 Å². The van der Waals surface area contributed by atoms with Gasteiger partial charge in [0, 0.05) is 11.8 Å². The van der Waals surface area contributed by atoms with Gasteiger partial charge in [0.05, 0.1) is 0 Å². The number of carboxylic acid groups (broad SMARTS) is 1. The van der Waals surface area contributed by atoms with Gasteiger partial charge in [-0.1, -0.05) is 26.7 Å². The smallest absolute Gasteiger partial charge is 0.326 e. The average Bonchev–Trinajstić information content (AvgIpc) is 2.55. The third-order valence-electron chi connectivity index (χ3n) is 4.54. The molecule has 4 nitrogen and oxygen atoms in total. The fourth-order valence-electron chi connectivity index (χ4n) is 3.54. The zero-order valence-electron chi connectivity index (χ0n) is 10.5. The van der Waals surface area contributed by atoms with Crippen LogP contribution in [0.2, 0.25) is 0 Å². The van der Waals surface area contributed by atoms with E-state index < -0.39 is 12.0 Å². The number of amides is 1.